The minimum Gasteiger partial charge on any atom is -0.495 e. The number of amides is 1. The molecule has 0 bridgehead atoms. The molecule has 0 saturated carbocycles. The summed E-state index contributed by atoms with van der Waals surface area (Å²) in [4.78, 5) is 25.1. The highest BCUT2D eigenvalue weighted by molar-refractivity contribution is 7.97. The molecule has 0 aliphatic carbocycles. The SMILES string of the molecule is COc1ccc(SN(C)C)cc1NC(=O)Cn1ncc(Cl)c(Cl)c1=O. The third-order valence-corrected chi connectivity index (χ3v) is 4.55. The first kappa shape index (κ1) is 19.6. The molecule has 1 heterocycles. The monoisotopic (exact) mass is 402 g/mol. The number of aromatic nitrogens is 2. The predicted octanol–water partition coefficient (Wildman–Crippen LogP) is 2.77. The molecule has 2 rings (SSSR count). The van der Waals surface area contributed by atoms with E-state index in [2.05, 4.69) is 10.4 Å². The Hall–Kier alpha value is -1.74. The van der Waals surface area contributed by atoms with Crippen molar-refractivity contribution in [1.82, 2.24) is 14.1 Å². The maximum absolute atomic E-state index is 12.3. The van der Waals surface area contributed by atoms with Gasteiger partial charge in [-0.15, -0.1) is 0 Å². The fourth-order valence-corrected chi connectivity index (χ4v) is 2.93. The van der Waals surface area contributed by atoms with E-state index in [0.29, 0.717) is 11.4 Å². The number of nitrogens with one attached hydrogen (secondary N) is 1. The largest absolute Gasteiger partial charge is 0.495 e. The third-order valence-electron chi connectivity index (χ3n) is 2.97. The summed E-state index contributed by atoms with van der Waals surface area (Å²) in [7, 11) is 5.33. The van der Waals surface area contributed by atoms with Gasteiger partial charge < -0.3 is 10.1 Å². The average Bonchev–Trinajstić information content (AvgIpc) is 2.55. The van der Waals surface area contributed by atoms with Gasteiger partial charge in [0.05, 0.1) is 24.0 Å². The van der Waals surface area contributed by atoms with Gasteiger partial charge in [0, 0.05) is 4.90 Å². The molecule has 134 valence electrons. The Labute approximate surface area is 159 Å². The second-order valence-corrected chi connectivity index (χ2v) is 7.25. The number of ether oxygens (including phenoxy) is 1. The minimum absolute atomic E-state index is 0.0402. The van der Waals surface area contributed by atoms with Crippen LogP contribution in [0.2, 0.25) is 10.0 Å². The highest BCUT2D eigenvalue weighted by Gasteiger charge is 2.13. The molecule has 2 aromatic rings. The zero-order chi connectivity index (χ0) is 18.6. The van der Waals surface area contributed by atoms with Crippen LogP contribution in [0.1, 0.15) is 0 Å². The molecule has 1 N–H and O–H groups in total. The number of halogens is 2. The van der Waals surface area contributed by atoms with Crippen molar-refractivity contribution in [2.24, 2.45) is 0 Å². The lowest BCUT2D eigenvalue weighted by Crippen LogP contribution is -2.30. The second kappa shape index (κ2) is 8.57. The summed E-state index contributed by atoms with van der Waals surface area (Å²) in [6.45, 7) is -0.302. The summed E-state index contributed by atoms with van der Waals surface area (Å²) >= 11 is 13.0. The normalized spacial score (nSPS) is 10.8. The van der Waals surface area contributed by atoms with Crippen LogP contribution in [0.4, 0.5) is 5.69 Å². The van der Waals surface area contributed by atoms with Gasteiger partial charge in [0.25, 0.3) is 5.56 Å². The smallest absolute Gasteiger partial charge is 0.287 e. The topological polar surface area (TPSA) is 76.5 Å². The summed E-state index contributed by atoms with van der Waals surface area (Å²) < 4.78 is 8.12. The zero-order valence-electron chi connectivity index (χ0n) is 13.7. The van der Waals surface area contributed by atoms with Gasteiger partial charge in [0.15, 0.2) is 0 Å². The lowest BCUT2D eigenvalue weighted by molar-refractivity contribution is -0.117. The van der Waals surface area contributed by atoms with E-state index in [-0.39, 0.29) is 16.6 Å². The van der Waals surface area contributed by atoms with E-state index in [4.69, 9.17) is 27.9 Å². The number of hydrogen-bond acceptors (Lipinski definition) is 6. The molecule has 0 aliphatic heterocycles. The molecule has 0 spiro atoms. The van der Waals surface area contributed by atoms with Crippen LogP contribution in [-0.2, 0) is 11.3 Å². The van der Waals surface area contributed by atoms with Crippen molar-refractivity contribution in [1.29, 1.82) is 0 Å². The van der Waals surface area contributed by atoms with Gasteiger partial charge in [-0.25, -0.2) is 4.68 Å². The van der Waals surface area contributed by atoms with Crippen molar-refractivity contribution in [3.63, 3.8) is 0 Å². The molecular formula is C15H16Cl2N4O3S. The Morgan fingerprint density at radius 2 is 2.12 bits per heavy atom. The van der Waals surface area contributed by atoms with Crippen LogP contribution in [0.25, 0.3) is 0 Å². The van der Waals surface area contributed by atoms with E-state index in [0.717, 1.165) is 9.58 Å². The summed E-state index contributed by atoms with van der Waals surface area (Å²) in [5.41, 5.74) is -0.138. The number of carbonyl (C=O) groups excluding carboxylic acids is 1. The van der Waals surface area contributed by atoms with Crippen molar-refractivity contribution in [2.75, 3.05) is 26.5 Å². The third kappa shape index (κ3) is 5.12. The van der Waals surface area contributed by atoms with Crippen molar-refractivity contribution in [3.8, 4) is 5.75 Å². The number of benzene rings is 1. The molecule has 0 saturated heterocycles. The van der Waals surface area contributed by atoms with Gasteiger partial charge in [-0.05, 0) is 44.2 Å². The maximum atomic E-state index is 12.3. The van der Waals surface area contributed by atoms with Gasteiger partial charge in [-0.3, -0.25) is 13.9 Å². The van der Waals surface area contributed by atoms with Gasteiger partial charge in [0.2, 0.25) is 5.91 Å². The zero-order valence-corrected chi connectivity index (χ0v) is 16.1. The first-order valence-corrected chi connectivity index (χ1v) is 8.59. The van der Waals surface area contributed by atoms with Crippen LogP contribution in [0, 0.1) is 0 Å². The van der Waals surface area contributed by atoms with Crippen molar-refractivity contribution in [2.45, 2.75) is 11.4 Å². The molecule has 0 fully saturated rings. The molecule has 1 aromatic carbocycles. The Morgan fingerprint density at radius 3 is 2.76 bits per heavy atom. The van der Waals surface area contributed by atoms with Gasteiger partial charge >= 0.3 is 0 Å². The standard InChI is InChI=1S/C15H16Cl2N4O3S/c1-20(2)25-9-4-5-12(24-3)11(6-9)19-13(22)8-21-15(23)14(17)10(16)7-18-21/h4-7H,8H2,1-3H3,(H,19,22). The quantitative estimate of drug-likeness (QED) is 0.748. The van der Waals surface area contributed by atoms with E-state index < -0.39 is 11.5 Å². The molecule has 25 heavy (non-hydrogen) atoms. The van der Waals surface area contributed by atoms with Crippen LogP contribution in [0.3, 0.4) is 0 Å². The van der Waals surface area contributed by atoms with Crippen LogP contribution >= 0.6 is 35.1 Å². The molecule has 10 heteroatoms. The van der Waals surface area contributed by atoms with Gasteiger partial charge in [-0.2, -0.15) is 5.10 Å². The number of carbonyl (C=O) groups is 1. The van der Waals surface area contributed by atoms with E-state index in [1.54, 1.807) is 12.1 Å². The van der Waals surface area contributed by atoms with E-state index in [1.165, 1.54) is 25.3 Å². The van der Waals surface area contributed by atoms with E-state index in [1.807, 2.05) is 24.5 Å². The molecule has 0 unspecified atom stereocenters. The molecule has 0 aliphatic rings. The van der Waals surface area contributed by atoms with Crippen molar-refractivity contribution >= 4 is 46.7 Å². The average molecular weight is 403 g/mol. The Morgan fingerprint density at radius 1 is 1.40 bits per heavy atom. The van der Waals surface area contributed by atoms with Crippen molar-refractivity contribution < 1.29 is 9.53 Å². The first-order chi connectivity index (χ1) is 11.8. The Bertz CT molecular complexity index is 842. The lowest BCUT2D eigenvalue weighted by atomic mass is 10.3. The van der Waals surface area contributed by atoms with Crippen LogP contribution in [0.5, 0.6) is 5.75 Å². The lowest BCUT2D eigenvalue weighted by Gasteiger charge is -2.14. The van der Waals surface area contributed by atoms with Gasteiger partial charge in [0.1, 0.15) is 17.3 Å². The molecule has 0 radical (unpaired) electrons. The van der Waals surface area contributed by atoms with Gasteiger partial charge in [-0.1, -0.05) is 23.2 Å². The highest BCUT2D eigenvalue weighted by atomic mass is 35.5. The minimum atomic E-state index is -0.631. The highest BCUT2D eigenvalue weighted by Crippen LogP contribution is 2.30. The van der Waals surface area contributed by atoms with Crippen molar-refractivity contribution in [3.05, 3.63) is 44.8 Å². The summed E-state index contributed by atoms with van der Waals surface area (Å²) in [6.07, 6.45) is 1.22. The fourth-order valence-electron chi connectivity index (χ4n) is 1.94. The number of rotatable bonds is 6. The van der Waals surface area contributed by atoms with E-state index >= 15 is 0 Å². The Kier molecular flexibility index (Phi) is 6.71. The summed E-state index contributed by atoms with van der Waals surface area (Å²) in [5.74, 6) is 0.0594. The molecule has 1 aromatic heterocycles. The van der Waals surface area contributed by atoms with E-state index in [9.17, 15) is 9.59 Å². The number of methoxy groups -OCH3 is 1. The summed E-state index contributed by atoms with van der Waals surface area (Å²) in [6, 6.07) is 5.42. The summed E-state index contributed by atoms with van der Waals surface area (Å²) in [5, 5.41) is 6.38. The maximum Gasteiger partial charge on any atom is 0.287 e. The molecule has 7 nitrogen and oxygen atoms in total. The van der Waals surface area contributed by atoms with Crippen LogP contribution < -0.4 is 15.6 Å². The van der Waals surface area contributed by atoms with Crippen LogP contribution in [0.15, 0.2) is 34.1 Å². The second-order valence-electron chi connectivity index (χ2n) is 5.08. The molecule has 0 atom stereocenters. The molecule has 1 amide bonds. The number of nitrogens with zero attached hydrogens (tertiary/aromatic N) is 3. The first-order valence-electron chi connectivity index (χ1n) is 7.06. The number of anilines is 1. The number of hydrogen-bond donors (Lipinski definition) is 1. The van der Waals surface area contributed by atoms with Crippen LogP contribution in [-0.4, -0.2) is 41.2 Å². The molecular weight excluding hydrogens is 387 g/mol. The fraction of sp³-hybridized carbons (Fsp3) is 0.267. The predicted molar refractivity (Wildman–Crippen MR) is 99.7 cm³/mol. The Balaban J connectivity index is 2.20.